The number of carboxylic acid groups (broad SMARTS) is 1. The van der Waals surface area contributed by atoms with Gasteiger partial charge in [0.2, 0.25) is 0 Å². The predicted molar refractivity (Wildman–Crippen MR) is 113 cm³/mol. The van der Waals surface area contributed by atoms with Crippen LogP contribution in [0.15, 0.2) is 66.7 Å². The maximum absolute atomic E-state index is 12.3. The summed E-state index contributed by atoms with van der Waals surface area (Å²) in [6, 6.07) is 15.2. The topological polar surface area (TPSA) is 122 Å². The number of hydrogen-bond acceptors (Lipinski definition) is 6. The first-order chi connectivity index (χ1) is 15.0. The van der Waals surface area contributed by atoms with E-state index in [9.17, 15) is 14.4 Å². The lowest BCUT2D eigenvalue weighted by Crippen LogP contribution is -2.32. The molecular formula is C23H25NO7. The maximum atomic E-state index is 12.3. The maximum Gasteiger partial charge on any atom is 0.414 e. The third kappa shape index (κ3) is 8.71. The number of carbonyl (C=O) groups excluding carboxylic acids is 2. The number of imide groups is 1. The summed E-state index contributed by atoms with van der Waals surface area (Å²) >= 11 is 0. The monoisotopic (exact) mass is 427 g/mol. The van der Waals surface area contributed by atoms with Crippen molar-refractivity contribution >= 4 is 18.0 Å². The van der Waals surface area contributed by atoms with Crippen LogP contribution in [0.2, 0.25) is 0 Å². The number of aliphatic hydroxyl groups excluding tert-OH is 1. The highest BCUT2D eigenvalue weighted by atomic mass is 16.6. The highest BCUT2D eigenvalue weighted by Crippen LogP contribution is 2.26. The Morgan fingerprint density at radius 1 is 1.03 bits per heavy atom. The lowest BCUT2D eigenvalue weighted by molar-refractivity contribution is -0.131. The van der Waals surface area contributed by atoms with Crippen molar-refractivity contribution in [3.8, 4) is 5.75 Å². The summed E-state index contributed by atoms with van der Waals surface area (Å²) in [7, 11) is 0. The van der Waals surface area contributed by atoms with Gasteiger partial charge in [0.15, 0.2) is 0 Å². The van der Waals surface area contributed by atoms with E-state index in [4.69, 9.17) is 19.7 Å². The highest BCUT2D eigenvalue weighted by Gasteiger charge is 2.19. The molecule has 8 nitrogen and oxygen atoms in total. The molecule has 2 rings (SSSR count). The summed E-state index contributed by atoms with van der Waals surface area (Å²) in [5.74, 6) is -1.03. The molecule has 0 aliphatic carbocycles. The Morgan fingerprint density at radius 3 is 2.39 bits per heavy atom. The molecule has 0 aliphatic rings. The Balaban J connectivity index is 2.02. The molecule has 8 heteroatoms. The molecule has 1 atom stereocenters. The number of rotatable bonds is 11. The van der Waals surface area contributed by atoms with Crippen molar-refractivity contribution in [2.75, 3.05) is 13.2 Å². The minimum absolute atomic E-state index is 0.104. The fourth-order valence-electron chi connectivity index (χ4n) is 2.75. The van der Waals surface area contributed by atoms with Crippen molar-refractivity contribution in [1.82, 2.24) is 5.32 Å². The van der Waals surface area contributed by atoms with Crippen LogP contribution in [0.4, 0.5) is 4.79 Å². The number of aliphatic hydroxyl groups is 1. The van der Waals surface area contributed by atoms with Crippen LogP contribution in [-0.4, -0.2) is 41.4 Å². The number of nitrogens with one attached hydrogen (secondary N) is 1. The number of alkyl carbamates (subject to hydrolysis) is 1. The summed E-state index contributed by atoms with van der Waals surface area (Å²) in [6.45, 7) is 0.0617. The van der Waals surface area contributed by atoms with Gasteiger partial charge in [0.25, 0.3) is 5.91 Å². The van der Waals surface area contributed by atoms with Gasteiger partial charge in [-0.15, -0.1) is 0 Å². The van der Waals surface area contributed by atoms with Crippen LogP contribution < -0.4 is 10.1 Å². The van der Waals surface area contributed by atoms with Crippen LogP contribution in [0.5, 0.6) is 5.75 Å². The smallest absolute Gasteiger partial charge is 0.414 e. The zero-order valence-corrected chi connectivity index (χ0v) is 16.9. The minimum Gasteiger partial charge on any atom is -0.491 e. The van der Waals surface area contributed by atoms with Crippen molar-refractivity contribution in [3.05, 3.63) is 77.9 Å². The number of hydrogen-bond donors (Lipinski definition) is 3. The van der Waals surface area contributed by atoms with Gasteiger partial charge < -0.3 is 19.7 Å². The van der Waals surface area contributed by atoms with Crippen molar-refractivity contribution < 1.29 is 34.1 Å². The molecule has 0 saturated heterocycles. The molecule has 164 valence electrons. The van der Waals surface area contributed by atoms with Crippen LogP contribution in [-0.2, 0) is 9.53 Å². The molecule has 0 saturated carbocycles. The van der Waals surface area contributed by atoms with Gasteiger partial charge in [-0.25, -0.2) is 9.59 Å². The summed E-state index contributed by atoms with van der Waals surface area (Å²) in [6.07, 6.45) is 2.56. The second kappa shape index (κ2) is 12.8. The lowest BCUT2D eigenvalue weighted by atomic mass is 10.0. The summed E-state index contributed by atoms with van der Waals surface area (Å²) in [4.78, 5) is 35.0. The molecule has 0 heterocycles. The molecule has 3 N–H and O–H groups in total. The van der Waals surface area contributed by atoms with Gasteiger partial charge in [-0.2, -0.15) is 0 Å². The number of aliphatic carboxylic acids is 1. The van der Waals surface area contributed by atoms with E-state index in [1.54, 1.807) is 54.6 Å². The third-order valence-corrected chi connectivity index (χ3v) is 4.21. The number of carbonyl (C=O) groups is 3. The lowest BCUT2D eigenvalue weighted by Gasteiger charge is -2.19. The van der Waals surface area contributed by atoms with E-state index < -0.39 is 24.1 Å². The molecular weight excluding hydrogens is 402 g/mol. The van der Waals surface area contributed by atoms with E-state index in [-0.39, 0.29) is 13.2 Å². The first-order valence-corrected chi connectivity index (χ1v) is 9.79. The van der Waals surface area contributed by atoms with Gasteiger partial charge in [-0.05, 0) is 49.1 Å². The first-order valence-electron chi connectivity index (χ1n) is 9.79. The molecule has 0 bridgehead atoms. The largest absolute Gasteiger partial charge is 0.491 e. The second-order valence-corrected chi connectivity index (χ2v) is 6.53. The molecule has 0 radical (unpaired) electrons. The van der Waals surface area contributed by atoms with Gasteiger partial charge >= 0.3 is 12.1 Å². The average Bonchev–Trinajstić information content (AvgIpc) is 2.77. The molecule has 31 heavy (non-hydrogen) atoms. The minimum atomic E-state index is -1.02. The number of benzene rings is 2. The molecule has 0 unspecified atom stereocenters. The van der Waals surface area contributed by atoms with Gasteiger partial charge in [-0.3, -0.25) is 10.1 Å². The Hall–Kier alpha value is -3.65. The number of allylic oxidation sites excluding steroid dienone is 1. The molecule has 0 aliphatic heterocycles. The van der Waals surface area contributed by atoms with Gasteiger partial charge in [0, 0.05) is 11.6 Å². The van der Waals surface area contributed by atoms with E-state index >= 15 is 0 Å². The SMILES string of the molecule is O=C(O)/C=C/CCC[C@@H](OC(=O)NC(=O)c1ccccc1)c1ccc(OCCO)cc1. The van der Waals surface area contributed by atoms with Crippen molar-refractivity contribution in [2.24, 2.45) is 0 Å². The van der Waals surface area contributed by atoms with Gasteiger partial charge in [0.1, 0.15) is 18.5 Å². The Labute approximate surface area is 180 Å². The second-order valence-electron chi connectivity index (χ2n) is 6.53. The first kappa shape index (κ1) is 23.6. The van der Waals surface area contributed by atoms with E-state index in [2.05, 4.69) is 5.32 Å². The van der Waals surface area contributed by atoms with Crippen LogP contribution in [0.3, 0.4) is 0 Å². The number of unbranched alkanes of at least 4 members (excludes halogenated alkanes) is 1. The number of carboxylic acids is 1. The van der Waals surface area contributed by atoms with Crippen LogP contribution in [0.25, 0.3) is 0 Å². The summed E-state index contributed by atoms with van der Waals surface area (Å²) in [5, 5.41) is 19.7. The normalized spacial score (nSPS) is 11.6. The fourth-order valence-corrected chi connectivity index (χ4v) is 2.75. The third-order valence-electron chi connectivity index (χ3n) is 4.21. The Morgan fingerprint density at radius 2 is 1.74 bits per heavy atom. The summed E-state index contributed by atoms with van der Waals surface area (Å²) < 4.78 is 10.8. The molecule has 2 amide bonds. The quantitative estimate of drug-likeness (QED) is 0.371. The van der Waals surface area contributed by atoms with E-state index in [0.29, 0.717) is 36.1 Å². The van der Waals surface area contributed by atoms with E-state index in [0.717, 1.165) is 6.08 Å². The van der Waals surface area contributed by atoms with Crippen molar-refractivity contribution in [1.29, 1.82) is 0 Å². The molecule has 2 aromatic carbocycles. The van der Waals surface area contributed by atoms with E-state index in [1.807, 2.05) is 0 Å². The fraction of sp³-hybridized carbons (Fsp3) is 0.261. The molecule has 0 fully saturated rings. The standard InChI is InChI=1S/C23H25NO7/c25-15-16-30-19-13-11-17(12-14-19)20(9-5-2-6-10-21(26)27)31-23(29)24-22(28)18-7-3-1-4-8-18/h1,3-4,6-8,10-14,20,25H,2,5,9,15-16H2,(H,26,27)(H,24,28,29)/b10-6+/t20-/m1/s1. The van der Waals surface area contributed by atoms with Crippen molar-refractivity contribution in [2.45, 2.75) is 25.4 Å². The van der Waals surface area contributed by atoms with E-state index in [1.165, 1.54) is 6.08 Å². The summed E-state index contributed by atoms with van der Waals surface area (Å²) in [5.41, 5.74) is 1.03. The Kier molecular flexibility index (Phi) is 9.77. The number of ether oxygens (including phenoxy) is 2. The average molecular weight is 427 g/mol. The predicted octanol–water partition coefficient (Wildman–Crippen LogP) is 3.48. The zero-order valence-electron chi connectivity index (χ0n) is 16.9. The van der Waals surface area contributed by atoms with Gasteiger partial charge in [0.05, 0.1) is 6.61 Å². The Bertz CT molecular complexity index is 879. The highest BCUT2D eigenvalue weighted by molar-refractivity contribution is 6.02. The number of amides is 2. The zero-order chi connectivity index (χ0) is 22.5. The van der Waals surface area contributed by atoms with Crippen LogP contribution in [0, 0.1) is 0 Å². The molecule has 2 aromatic rings. The molecule has 0 spiro atoms. The van der Waals surface area contributed by atoms with Gasteiger partial charge in [-0.1, -0.05) is 36.4 Å². The van der Waals surface area contributed by atoms with Crippen LogP contribution >= 0.6 is 0 Å². The van der Waals surface area contributed by atoms with Crippen LogP contribution in [0.1, 0.15) is 41.3 Å². The molecule has 0 aromatic heterocycles. The van der Waals surface area contributed by atoms with Crippen molar-refractivity contribution in [3.63, 3.8) is 0 Å².